The zero-order chi connectivity index (χ0) is 18.1. The van der Waals surface area contributed by atoms with Gasteiger partial charge in [-0.15, -0.1) is 0 Å². The van der Waals surface area contributed by atoms with Crippen LogP contribution in [-0.2, 0) is 6.54 Å². The van der Waals surface area contributed by atoms with Gasteiger partial charge in [0.05, 0.1) is 18.6 Å². The van der Waals surface area contributed by atoms with Crippen LogP contribution < -0.4 is 0 Å². The summed E-state index contributed by atoms with van der Waals surface area (Å²) >= 11 is 12.2. The third kappa shape index (κ3) is 3.28. The minimum absolute atomic E-state index is 0.727. The van der Waals surface area contributed by atoms with Crippen LogP contribution in [0.4, 0.5) is 0 Å². The van der Waals surface area contributed by atoms with E-state index in [-0.39, 0.29) is 0 Å². The van der Waals surface area contributed by atoms with Crippen LogP contribution in [0.3, 0.4) is 0 Å². The number of halogens is 2. The molecule has 0 spiro atoms. The van der Waals surface area contributed by atoms with Gasteiger partial charge in [0.25, 0.3) is 0 Å². The van der Waals surface area contributed by atoms with Gasteiger partial charge >= 0.3 is 0 Å². The van der Waals surface area contributed by atoms with Crippen LogP contribution in [0.5, 0.6) is 0 Å². The monoisotopic (exact) mass is 381 g/mol. The second-order valence-electron chi connectivity index (χ2n) is 6.19. The molecule has 0 aliphatic rings. The lowest BCUT2D eigenvalue weighted by atomic mass is 10.1. The quantitative estimate of drug-likeness (QED) is 0.424. The molecule has 5 heteroatoms. The minimum Gasteiger partial charge on any atom is -0.333 e. The molecule has 3 nitrogen and oxygen atoms in total. The lowest BCUT2D eigenvalue weighted by Crippen LogP contribution is -2.01. The molecular weight excluding hydrogens is 365 g/mol. The number of rotatable bonds is 4. The van der Waals surface area contributed by atoms with Gasteiger partial charge in [-0.3, -0.25) is 0 Å². The van der Waals surface area contributed by atoms with E-state index in [1.807, 2.05) is 61.1 Å². The van der Waals surface area contributed by atoms with Crippen LogP contribution in [-0.4, -0.2) is 14.1 Å². The van der Waals surface area contributed by atoms with Gasteiger partial charge in [0.2, 0.25) is 0 Å². The molecule has 0 aliphatic heterocycles. The fraction of sp³-hybridized carbons (Fsp3) is 0.0952. The minimum atomic E-state index is 0.727. The van der Waals surface area contributed by atoms with E-state index in [1.54, 1.807) is 6.20 Å². The van der Waals surface area contributed by atoms with E-state index in [9.17, 15) is 0 Å². The molecule has 0 fully saturated rings. The fourth-order valence-corrected chi connectivity index (χ4v) is 3.40. The predicted octanol–water partition coefficient (Wildman–Crippen LogP) is 6.00. The van der Waals surface area contributed by atoms with Crippen LogP contribution in [0.2, 0.25) is 10.0 Å². The number of imidazole rings is 1. The summed E-state index contributed by atoms with van der Waals surface area (Å²) in [5.74, 6) is 0. The van der Waals surface area contributed by atoms with E-state index >= 15 is 0 Å². The average molecular weight is 382 g/mol. The lowest BCUT2D eigenvalue weighted by molar-refractivity contribution is 0.788. The maximum atomic E-state index is 6.08. The Labute approximate surface area is 162 Å². The van der Waals surface area contributed by atoms with Crippen molar-refractivity contribution in [3.05, 3.63) is 94.6 Å². The molecule has 4 aromatic rings. The Hall–Kier alpha value is -2.49. The van der Waals surface area contributed by atoms with Gasteiger partial charge in [0.15, 0.2) is 0 Å². The van der Waals surface area contributed by atoms with E-state index in [0.29, 0.717) is 0 Å². The maximum absolute atomic E-state index is 6.08. The first-order valence-electron chi connectivity index (χ1n) is 8.30. The molecule has 2 aromatic heterocycles. The summed E-state index contributed by atoms with van der Waals surface area (Å²) in [4.78, 5) is 4.14. The maximum Gasteiger partial charge on any atom is 0.0949 e. The summed E-state index contributed by atoms with van der Waals surface area (Å²) in [6.45, 7) is 2.91. The molecule has 0 saturated heterocycles. The Balaban J connectivity index is 1.87. The van der Waals surface area contributed by atoms with Gasteiger partial charge in [-0.2, -0.15) is 0 Å². The molecule has 4 rings (SSSR count). The number of hydrogen-bond acceptors (Lipinski definition) is 1. The van der Waals surface area contributed by atoms with Gasteiger partial charge in [-0.25, -0.2) is 4.98 Å². The highest BCUT2D eigenvalue weighted by atomic mass is 35.5. The topological polar surface area (TPSA) is 22.8 Å². The van der Waals surface area contributed by atoms with Crippen molar-refractivity contribution >= 4 is 23.2 Å². The molecule has 2 heterocycles. The molecule has 26 heavy (non-hydrogen) atoms. The van der Waals surface area contributed by atoms with Crippen molar-refractivity contribution in [3.63, 3.8) is 0 Å². The highest BCUT2D eigenvalue weighted by Crippen LogP contribution is 2.31. The SMILES string of the molecule is Cc1c(Cn2ccnc2)cc(-c2ccc(Cl)cc2)n1-c1ccc(Cl)cc1. The molecule has 0 N–H and O–H groups in total. The second kappa shape index (κ2) is 7.02. The number of nitrogens with zero attached hydrogens (tertiary/aromatic N) is 3. The summed E-state index contributed by atoms with van der Waals surface area (Å²) in [5.41, 5.74) is 5.74. The van der Waals surface area contributed by atoms with Crippen molar-refractivity contribution in [2.24, 2.45) is 0 Å². The van der Waals surface area contributed by atoms with Crippen LogP contribution in [0, 0.1) is 6.92 Å². The van der Waals surface area contributed by atoms with Crippen molar-refractivity contribution in [1.82, 2.24) is 14.1 Å². The highest BCUT2D eigenvalue weighted by molar-refractivity contribution is 6.30. The second-order valence-corrected chi connectivity index (χ2v) is 7.07. The zero-order valence-corrected chi connectivity index (χ0v) is 15.7. The van der Waals surface area contributed by atoms with Crippen molar-refractivity contribution in [2.75, 3.05) is 0 Å². The first-order valence-corrected chi connectivity index (χ1v) is 9.06. The summed E-state index contributed by atoms with van der Waals surface area (Å²) in [7, 11) is 0. The summed E-state index contributed by atoms with van der Waals surface area (Å²) in [5, 5.41) is 1.46. The standard InChI is InChI=1S/C21H17Cl2N3/c1-15-17(13-25-11-10-24-14-25)12-21(16-2-4-18(22)5-3-16)26(15)20-8-6-19(23)7-9-20/h2-12,14H,13H2,1H3. The van der Waals surface area contributed by atoms with Crippen LogP contribution in [0.15, 0.2) is 73.3 Å². The Morgan fingerprint density at radius 2 is 1.58 bits per heavy atom. The predicted molar refractivity (Wildman–Crippen MR) is 107 cm³/mol. The molecule has 130 valence electrons. The van der Waals surface area contributed by atoms with Crippen molar-refractivity contribution in [2.45, 2.75) is 13.5 Å². The normalized spacial score (nSPS) is 11.0. The van der Waals surface area contributed by atoms with Crippen molar-refractivity contribution in [1.29, 1.82) is 0 Å². The van der Waals surface area contributed by atoms with Gasteiger partial charge < -0.3 is 9.13 Å². The van der Waals surface area contributed by atoms with E-state index in [2.05, 4.69) is 27.1 Å². The van der Waals surface area contributed by atoms with Crippen molar-refractivity contribution in [3.8, 4) is 16.9 Å². The van der Waals surface area contributed by atoms with E-state index < -0.39 is 0 Å². The van der Waals surface area contributed by atoms with Crippen LogP contribution in [0.1, 0.15) is 11.3 Å². The molecule has 0 radical (unpaired) electrons. The molecule has 0 unspecified atom stereocenters. The smallest absolute Gasteiger partial charge is 0.0949 e. The third-order valence-corrected chi connectivity index (χ3v) is 4.99. The number of aromatic nitrogens is 3. The number of benzene rings is 2. The first kappa shape index (κ1) is 17.0. The van der Waals surface area contributed by atoms with Gasteiger partial charge in [0.1, 0.15) is 0 Å². The molecule has 0 aliphatic carbocycles. The Kier molecular flexibility index (Phi) is 4.58. The van der Waals surface area contributed by atoms with Crippen LogP contribution >= 0.6 is 23.2 Å². The molecular formula is C21H17Cl2N3. The zero-order valence-electron chi connectivity index (χ0n) is 14.2. The fourth-order valence-electron chi connectivity index (χ4n) is 3.15. The summed E-state index contributed by atoms with van der Waals surface area (Å²) in [6, 6.07) is 18.1. The van der Waals surface area contributed by atoms with E-state index in [4.69, 9.17) is 23.2 Å². The third-order valence-electron chi connectivity index (χ3n) is 4.49. The highest BCUT2D eigenvalue weighted by Gasteiger charge is 2.15. The van der Waals surface area contributed by atoms with E-state index in [0.717, 1.165) is 33.5 Å². The summed E-state index contributed by atoms with van der Waals surface area (Å²) in [6.07, 6.45) is 5.60. The van der Waals surface area contributed by atoms with E-state index in [1.165, 1.54) is 11.3 Å². The Morgan fingerprint density at radius 1 is 0.923 bits per heavy atom. The Morgan fingerprint density at radius 3 is 2.19 bits per heavy atom. The molecule has 0 atom stereocenters. The molecule has 0 amide bonds. The van der Waals surface area contributed by atoms with Crippen molar-refractivity contribution < 1.29 is 0 Å². The molecule has 0 bridgehead atoms. The summed E-state index contributed by atoms with van der Waals surface area (Å²) < 4.78 is 4.33. The molecule has 2 aromatic carbocycles. The first-order chi connectivity index (χ1) is 12.6. The lowest BCUT2D eigenvalue weighted by Gasteiger charge is -2.13. The van der Waals surface area contributed by atoms with Crippen LogP contribution in [0.25, 0.3) is 16.9 Å². The van der Waals surface area contributed by atoms with Gasteiger partial charge in [-0.05, 0) is 60.5 Å². The average Bonchev–Trinajstić information content (AvgIpc) is 3.26. The molecule has 0 saturated carbocycles. The Bertz CT molecular complexity index is 1010. The van der Waals surface area contributed by atoms with Gasteiger partial charge in [-0.1, -0.05) is 35.3 Å². The van der Waals surface area contributed by atoms with Gasteiger partial charge in [0, 0.05) is 33.8 Å². The largest absolute Gasteiger partial charge is 0.333 e. The number of hydrogen-bond donors (Lipinski definition) is 0.